The normalized spacial score (nSPS) is 23.4. The molecule has 1 heterocycles. The maximum atomic E-state index is 11.5. The van der Waals surface area contributed by atoms with Gasteiger partial charge in [-0.1, -0.05) is 19.8 Å². The van der Waals surface area contributed by atoms with Gasteiger partial charge in [-0.05, 0) is 39.2 Å². The molecule has 18 heavy (non-hydrogen) atoms. The van der Waals surface area contributed by atoms with Crippen LogP contribution in [-0.4, -0.2) is 42.6 Å². The minimum atomic E-state index is -0.467. The Hall–Kier alpha value is -0.610. The van der Waals surface area contributed by atoms with Crippen LogP contribution < -0.4 is 5.73 Å². The lowest BCUT2D eigenvalue weighted by Gasteiger charge is -2.29. The fourth-order valence-electron chi connectivity index (χ4n) is 2.67. The quantitative estimate of drug-likeness (QED) is 0.738. The third-order valence-electron chi connectivity index (χ3n) is 3.79. The number of hydrogen-bond acceptors (Lipinski definition) is 4. The van der Waals surface area contributed by atoms with Crippen molar-refractivity contribution in [3.8, 4) is 0 Å². The van der Waals surface area contributed by atoms with E-state index in [1.165, 1.54) is 32.1 Å². The van der Waals surface area contributed by atoms with Gasteiger partial charge in [0.05, 0.1) is 6.61 Å². The topological polar surface area (TPSA) is 55.6 Å². The van der Waals surface area contributed by atoms with E-state index in [2.05, 4.69) is 11.8 Å². The van der Waals surface area contributed by atoms with Crippen molar-refractivity contribution in [1.29, 1.82) is 0 Å². The summed E-state index contributed by atoms with van der Waals surface area (Å²) in [5, 5.41) is 0. The maximum Gasteiger partial charge on any atom is 0.322 e. The number of esters is 1. The molecule has 2 unspecified atom stereocenters. The predicted molar refractivity (Wildman–Crippen MR) is 73.3 cm³/mol. The second-order valence-corrected chi connectivity index (χ2v) is 5.09. The molecular weight excluding hydrogens is 228 g/mol. The Morgan fingerprint density at radius 2 is 2.17 bits per heavy atom. The summed E-state index contributed by atoms with van der Waals surface area (Å²) in [6, 6.07) is 0.201. The van der Waals surface area contributed by atoms with Crippen LogP contribution in [0.4, 0.5) is 0 Å². The number of nitrogens with two attached hydrogens (primary N) is 1. The first-order chi connectivity index (χ1) is 8.69. The Labute approximate surface area is 111 Å². The summed E-state index contributed by atoms with van der Waals surface area (Å²) in [7, 11) is 0. The summed E-state index contributed by atoms with van der Waals surface area (Å²) in [5.41, 5.74) is 5.85. The van der Waals surface area contributed by atoms with Gasteiger partial charge in [-0.3, -0.25) is 4.79 Å². The van der Waals surface area contributed by atoms with Crippen LogP contribution in [0, 0.1) is 0 Å². The summed E-state index contributed by atoms with van der Waals surface area (Å²) >= 11 is 0. The first kappa shape index (κ1) is 15.4. The lowest BCUT2D eigenvalue weighted by atomic mass is 10.1. The number of nitrogens with zero attached hydrogens (tertiary/aromatic N) is 1. The summed E-state index contributed by atoms with van der Waals surface area (Å²) in [4.78, 5) is 14.0. The summed E-state index contributed by atoms with van der Waals surface area (Å²) in [6.07, 6.45) is 7.11. The standard InChI is InChI=1S/C14H28N2O2/c1-3-12-8-6-5-7-10-16(12)11-9-13(15)14(17)18-4-2/h12-13H,3-11,15H2,1-2H3. The Morgan fingerprint density at radius 1 is 1.39 bits per heavy atom. The molecule has 1 fully saturated rings. The van der Waals surface area contributed by atoms with E-state index in [1.54, 1.807) is 0 Å². The van der Waals surface area contributed by atoms with Crippen molar-refractivity contribution in [3.63, 3.8) is 0 Å². The SMILES string of the molecule is CCOC(=O)C(N)CCN1CCCCCC1CC. The highest BCUT2D eigenvalue weighted by molar-refractivity contribution is 5.75. The molecule has 0 aromatic carbocycles. The molecule has 1 rings (SSSR count). The molecule has 2 atom stereocenters. The minimum Gasteiger partial charge on any atom is -0.465 e. The number of ether oxygens (including phenoxy) is 1. The summed E-state index contributed by atoms with van der Waals surface area (Å²) < 4.78 is 4.94. The van der Waals surface area contributed by atoms with Crippen molar-refractivity contribution in [2.24, 2.45) is 5.73 Å². The van der Waals surface area contributed by atoms with Crippen LogP contribution in [0.2, 0.25) is 0 Å². The number of hydrogen-bond donors (Lipinski definition) is 1. The van der Waals surface area contributed by atoms with E-state index < -0.39 is 6.04 Å². The van der Waals surface area contributed by atoms with Gasteiger partial charge in [-0.15, -0.1) is 0 Å². The molecule has 0 aromatic rings. The van der Waals surface area contributed by atoms with Crippen LogP contribution in [0.3, 0.4) is 0 Å². The van der Waals surface area contributed by atoms with E-state index in [0.717, 1.165) is 13.1 Å². The highest BCUT2D eigenvalue weighted by atomic mass is 16.5. The lowest BCUT2D eigenvalue weighted by Crippen LogP contribution is -2.40. The summed E-state index contributed by atoms with van der Waals surface area (Å²) in [6.45, 7) is 6.53. The first-order valence-corrected chi connectivity index (χ1v) is 7.35. The Morgan fingerprint density at radius 3 is 2.83 bits per heavy atom. The molecule has 0 saturated carbocycles. The molecule has 0 aromatic heterocycles. The molecule has 4 nitrogen and oxygen atoms in total. The van der Waals surface area contributed by atoms with Crippen molar-refractivity contribution in [2.45, 2.75) is 64.5 Å². The van der Waals surface area contributed by atoms with E-state index >= 15 is 0 Å². The highest BCUT2D eigenvalue weighted by Gasteiger charge is 2.21. The Kier molecular flexibility index (Phi) is 7.28. The zero-order valence-electron chi connectivity index (χ0n) is 11.9. The van der Waals surface area contributed by atoms with Crippen molar-refractivity contribution in [1.82, 2.24) is 4.90 Å². The van der Waals surface area contributed by atoms with E-state index in [1.807, 2.05) is 6.92 Å². The Bertz CT molecular complexity index is 246. The van der Waals surface area contributed by atoms with Crippen LogP contribution in [0.1, 0.15) is 52.4 Å². The number of likely N-dealkylation sites (tertiary alicyclic amines) is 1. The van der Waals surface area contributed by atoms with Gasteiger partial charge >= 0.3 is 5.97 Å². The molecule has 1 aliphatic rings. The van der Waals surface area contributed by atoms with E-state index in [0.29, 0.717) is 19.1 Å². The first-order valence-electron chi connectivity index (χ1n) is 7.35. The van der Waals surface area contributed by atoms with Crippen molar-refractivity contribution >= 4 is 5.97 Å². The molecule has 106 valence electrons. The summed E-state index contributed by atoms with van der Waals surface area (Å²) in [5.74, 6) is -0.264. The van der Waals surface area contributed by atoms with Crippen LogP contribution in [0.5, 0.6) is 0 Å². The third kappa shape index (κ3) is 4.94. The minimum absolute atomic E-state index is 0.264. The molecule has 1 saturated heterocycles. The van der Waals surface area contributed by atoms with Gasteiger partial charge in [-0.2, -0.15) is 0 Å². The average Bonchev–Trinajstić information content (AvgIpc) is 2.60. The maximum absolute atomic E-state index is 11.5. The van der Waals surface area contributed by atoms with Gasteiger partial charge in [0.2, 0.25) is 0 Å². The Balaban J connectivity index is 2.37. The van der Waals surface area contributed by atoms with E-state index in [-0.39, 0.29) is 5.97 Å². The highest BCUT2D eigenvalue weighted by Crippen LogP contribution is 2.19. The fourth-order valence-corrected chi connectivity index (χ4v) is 2.67. The molecule has 0 aliphatic carbocycles. The monoisotopic (exact) mass is 256 g/mol. The molecule has 0 spiro atoms. The molecule has 1 aliphatic heterocycles. The average molecular weight is 256 g/mol. The molecule has 0 bridgehead atoms. The lowest BCUT2D eigenvalue weighted by molar-refractivity contribution is -0.144. The zero-order chi connectivity index (χ0) is 13.4. The van der Waals surface area contributed by atoms with Crippen molar-refractivity contribution in [3.05, 3.63) is 0 Å². The molecule has 0 amide bonds. The molecule has 4 heteroatoms. The van der Waals surface area contributed by atoms with Gasteiger partial charge < -0.3 is 15.4 Å². The zero-order valence-corrected chi connectivity index (χ0v) is 11.9. The van der Waals surface area contributed by atoms with Gasteiger partial charge in [0.1, 0.15) is 6.04 Å². The second kappa shape index (κ2) is 8.48. The van der Waals surface area contributed by atoms with E-state index in [9.17, 15) is 4.79 Å². The predicted octanol–water partition coefficient (Wildman–Crippen LogP) is 1.92. The number of carbonyl (C=O) groups is 1. The molecule has 0 radical (unpaired) electrons. The van der Waals surface area contributed by atoms with E-state index in [4.69, 9.17) is 10.5 Å². The third-order valence-corrected chi connectivity index (χ3v) is 3.79. The number of rotatable bonds is 6. The van der Waals surface area contributed by atoms with Gasteiger partial charge in [0.15, 0.2) is 0 Å². The second-order valence-electron chi connectivity index (χ2n) is 5.09. The fraction of sp³-hybridized carbons (Fsp3) is 0.929. The van der Waals surface area contributed by atoms with Gasteiger partial charge in [0.25, 0.3) is 0 Å². The number of carbonyl (C=O) groups excluding carboxylic acids is 1. The van der Waals surface area contributed by atoms with Crippen molar-refractivity contribution in [2.75, 3.05) is 19.7 Å². The molecule has 2 N–H and O–H groups in total. The smallest absolute Gasteiger partial charge is 0.322 e. The molecular formula is C14H28N2O2. The van der Waals surface area contributed by atoms with Crippen molar-refractivity contribution < 1.29 is 9.53 Å². The largest absolute Gasteiger partial charge is 0.465 e. The van der Waals surface area contributed by atoms with Crippen LogP contribution in [0.25, 0.3) is 0 Å². The van der Waals surface area contributed by atoms with Crippen LogP contribution in [0.15, 0.2) is 0 Å². The van der Waals surface area contributed by atoms with Gasteiger partial charge in [-0.25, -0.2) is 0 Å². The van der Waals surface area contributed by atoms with Crippen LogP contribution >= 0.6 is 0 Å². The van der Waals surface area contributed by atoms with Gasteiger partial charge in [0, 0.05) is 12.6 Å². The van der Waals surface area contributed by atoms with Crippen LogP contribution in [-0.2, 0) is 9.53 Å².